The van der Waals surface area contributed by atoms with Crippen molar-refractivity contribution in [2.75, 3.05) is 4.72 Å². The fourth-order valence-corrected chi connectivity index (χ4v) is 2.63. The highest BCUT2D eigenvalue weighted by atomic mass is 79.9. The van der Waals surface area contributed by atoms with Crippen molar-refractivity contribution in [3.8, 4) is 0 Å². The molecule has 0 radical (unpaired) electrons. The van der Waals surface area contributed by atoms with Gasteiger partial charge in [-0.3, -0.25) is 5.10 Å². The summed E-state index contributed by atoms with van der Waals surface area (Å²) in [6.07, 6.45) is 0. The summed E-state index contributed by atoms with van der Waals surface area (Å²) in [5, 5.41) is 6.30. The summed E-state index contributed by atoms with van der Waals surface area (Å²) in [6, 6.07) is 4.78. The fraction of sp³-hybridized carbons (Fsp3) is 0.200. The number of aromatic amines is 1. The number of aryl methyl sites for hydroxylation is 2. The van der Waals surface area contributed by atoms with E-state index in [-0.39, 0.29) is 10.8 Å². The standard InChI is InChI=1S/C10H11BrN4O2S/c1-6-5-8(3-4-9(6)11)18(16,17)15-10-12-7(2)13-14-10/h3-5H,1-2H3,(H2,12,13,14,15). The van der Waals surface area contributed by atoms with E-state index < -0.39 is 10.0 Å². The average molecular weight is 331 g/mol. The minimum atomic E-state index is -3.66. The maximum Gasteiger partial charge on any atom is 0.264 e. The summed E-state index contributed by atoms with van der Waals surface area (Å²) in [7, 11) is -3.66. The third kappa shape index (κ3) is 2.70. The predicted octanol–water partition coefficient (Wildman–Crippen LogP) is 1.98. The molecule has 0 amide bonds. The second kappa shape index (κ2) is 4.69. The first-order chi connectivity index (χ1) is 8.38. The van der Waals surface area contributed by atoms with Crippen LogP contribution in [0.4, 0.5) is 5.95 Å². The maximum atomic E-state index is 12.1. The van der Waals surface area contributed by atoms with Gasteiger partial charge >= 0.3 is 0 Å². The van der Waals surface area contributed by atoms with E-state index in [1.165, 1.54) is 6.07 Å². The van der Waals surface area contributed by atoms with E-state index in [0.717, 1.165) is 10.0 Å². The highest BCUT2D eigenvalue weighted by Gasteiger charge is 2.17. The maximum absolute atomic E-state index is 12.1. The first kappa shape index (κ1) is 13.0. The van der Waals surface area contributed by atoms with Gasteiger partial charge in [0, 0.05) is 4.47 Å². The quantitative estimate of drug-likeness (QED) is 0.900. The number of anilines is 1. The number of sulfonamides is 1. The van der Waals surface area contributed by atoms with Crippen molar-refractivity contribution in [1.82, 2.24) is 15.2 Å². The molecular weight excluding hydrogens is 320 g/mol. The Morgan fingerprint density at radius 1 is 1.33 bits per heavy atom. The Morgan fingerprint density at radius 2 is 2.06 bits per heavy atom. The zero-order valence-corrected chi connectivity index (χ0v) is 12.1. The van der Waals surface area contributed by atoms with Gasteiger partial charge in [0.15, 0.2) is 0 Å². The zero-order valence-electron chi connectivity index (χ0n) is 9.73. The molecule has 0 saturated carbocycles. The third-order valence-electron chi connectivity index (χ3n) is 2.26. The molecule has 8 heteroatoms. The summed E-state index contributed by atoms with van der Waals surface area (Å²) in [6.45, 7) is 3.51. The molecule has 1 heterocycles. The van der Waals surface area contributed by atoms with Crippen molar-refractivity contribution in [1.29, 1.82) is 0 Å². The van der Waals surface area contributed by atoms with Crippen LogP contribution < -0.4 is 4.72 Å². The number of hydrogen-bond acceptors (Lipinski definition) is 4. The van der Waals surface area contributed by atoms with Gasteiger partial charge in [0.1, 0.15) is 5.82 Å². The van der Waals surface area contributed by atoms with Crippen LogP contribution in [0.2, 0.25) is 0 Å². The van der Waals surface area contributed by atoms with Gasteiger partial charge in [0.05, 0.1) is 4.90 Å². The lowest BCUT2D eigenvalue weighted by atomic mass is 10.2. The molecule has 0 atom stereocenters. The lowest BCUT2D eigenvalue weighted by Crippen LogP contribution is -2.14. The van der Waals surface area contributed by atoms with Crippen molar-refractivity contribution in [3.05, 3.63) is 34.1 Å². The van der Waals surface area contributed by atoms with Gasteiger partial charge in [-0.2, -0.15) is 4.98 Å². The molecule has 0 bridgehead atoms. The smallest absolute Gasteiger partial charge is 0.261 e. The molecule has 0 saturated heterocycles. The van der Waals surface area contributed by atoms with Gasteiger partial charge in [-0.1, -0.05) is 15.9 Å². The van der Waals surface area contributed by atoms with Crippen LogP contribution in [0.5, 0.6) is 0 Å². The Morgan fingerprint density at radius 3 is 2.61 bits per heavy atom. The van der Waals surface area contributed by atoms with Gasteiger partial charge in [0.2, 0.25) is 0 Å². The molecule has 0 spiro atoms. The van der Waals surface area contributed by atoms with Gasteiger partial charge < -0.3 is 0 Å². The van der Waals surface area contributed by atoms with E-state index >= 15 is 0 Å². The number of benzene rings is 1. The van der Waals surface area contributed by atoms with Crippen molar-refractivity contribution >= 4 is 31.9 Å². The largest absolute Gasteiger partial charge is 0.264 e. The number of nitrogens with zero attached hydrogens (tertiary/aromatic N) is 2. The number of hydrogen-bond donors (Lipinski definition) is 2. The molecule has 2 rings (SSSR count). The SMILES string of the molecule is Cc1nc(NS(=O)(=O)c2ccc(Br)c(C)c2)n[nH]1. The first-order valence-electron chi connectivity index (χ1n) is 5.06. The number of nitrogens with one attached hydrogen (secondary N) is 2. The monoisotopic (exact) mass is 330 g/mol. The number of H-pyrrole nitrogens is 1. The van der Waals surface area contributed by atoms with Crippen molar-refractivity contribution in [3.63, 3.8) is 0 Å². The van der Waals surface area contributed by atoms with E-state index in [2.05, 4.69) is 35.8 Å². The van der Waals surface area contributed by atoms with E-state index in [9.17, 15) is 8.42 Å². The van der Waals surface area contributed by atoms with Gasteiger partial charge in [-0.05, 0) is 37.6 Å². The Labute approximate surface area is 113 Å². The van der Waals surface area contributed by atoms with E-state index in [1.54, 1.807) is 19.1 Å². The molecule has 0 aliphatic heterocycles. The van der Waals surface area contributed by atoms with E-state index in [0.29, 0.717) is 5.82 Å². The Balaban J connectivity index is 2.33. The average Bonchev–Trinajstić information content (AvgIpc) is 2.67. The minimum Gasteiger partial charge on any atom is -0.261 e. The Kier molecular flexibility index (Phi) is 3.40. The summed E-state index contributed by atoms with van der Waals surface area (Å²) in [5.41, 5.74) is 0.837. The molecule has 18 heavy (non-hydrogen) atoms. The topological polar surface area (TPSA) is 87.7 Å². The Hall–Kier alpha value is -1.41. The molecule has 0 fully saturated rings. The molecule has 6 nitrogen and oxygen atoms in total. The molecule has 0 unspecified atom stereocenters. The highest BCUT2D eigenvalue weighted by Crippen LogP contribution is 2.21. The van der Waals surface area contributed by atoms with Crippen LogP contribution in [-0.2, 0) is 10.0 Å². The molecule has 1 aromatic carbocycles. The number of aromatic nitrogens is 3. The minimum absolute atomic E-state index is 0.0353. The molecule has 2 aromatic rings. The molecular formula is C10H11BrN4O2S. The number of halogens is 1. The second-order valence-electron chi connectivity index (χ2n) is 3.76. The van der Waals surface area contributed by atoms with E-state index in [4.69, 9.17) is 0 Å². The van der Waals surface area contributed by atoms with Crippen LogP contribution in [0.25, 0.3) is 0 Å². The third-order valence-corrected chi connectivity index (χ3v) is 4.48. The predicted molar refractivity (Wildman–Crippen MR) is 70.8 cm³/mol. The second-order valence-corrected chi connectivity index (χ2v) is 6.30. The molecule has 2 N–H and O–H groups in total. The molecule has 1 aromatic heterocycles. The summed E-state index contributed by atoms with van der Waals surface area (Å²) in [4.78, 5) is 4.07. The lowest BCUT2D eigenvalue weighted by Gasteiger charge is -2.06. The Bertz CT molecular complexity index is 681. The molecule has 0 aliphatic carbocycles. The molecule has 0 aliphatic rings. The number of rotatable bonds is 3. The van der Waals surface area contributed by atoms with Crippen LogP contribution in [0, 0.1) is 13.8 Å². The summed E-state index contributed by atoms with van der Waals surface area (Å²) < 4.78 is 27.3. The fourth-order valence-electron chi connectivity index (χ4n) is 1.35. The normalized spacial score (nSPS) is 11.5. The van der Waals surface area contributed by atoms with Crippen molar-refractivity contribution in [2.24, 2.45) is 0 Å². The van der Waals surface area contributed by atoms with Gasteiger partial charge in [0.25, 0.3) is 16.0 Å². The summed E-state index contributed by atoms with van der Waals surface area (Å²) in [5.74, 6) is 0.577. The van der Waals surface area contributed by atoms with Crippen LogP contribution in [0.15, 0.2) is 27.6 Å². The zero-order chi connectivity index (χ0) is 13.3. The lowest BCUT2D eigenvalue weighted by molar-refractivity contribution is 0.600. The van der Waals surface area contributed by atoms with Crippen LogP contribution >= 0.6 is 15.9 Å². The van der Waals surface area contributed by atoms with Crippen molar-refractivity contribution in [2.45, 2.75) is 18.7 Å². The first-order valence-corrected chi connectivity index (χ1v) is 7.34. The van der Waals surface area contributed by atoms with Crippen LogP contribution in [0.1, 0.15) is 11.4 Å². The summed E-state index contributed by atoms with van der Waals surface area (Å²) >= 11 is 3.32. The van der Waals surface area contributed by atoms with Crippen molar-refractivity contribution < 1.29 is 8.42 Å². The van der Waals surface area contributed by atoms with Gasteiger partial charge in [-0.25, -0.2) is 13.1 Å². The highest BCUT2D eigenvalue weighted by molar-refractivity contribution is 9.10. The van der Waals surface area contributed by atoms with Crippen LogP contribution in [0.3, 0.4) is 0 Å². The van der Waals surface area contributed by atoms with Crippen LogP contribution in [-0.4, -0.2) is 23.6 Å². The van der Waals surface area contributed by atoms with Gasteiger partial charge in [-0.15, -0.1) is 5.10 Å². The molecule has 96 valence electrons. The van der Waals surface area contributed by atoms with E-state index in [1.807, 2.05) is 6.92 Å².